The lowest BCUT2D eigenvalue weighted by Crippen LogP contribution is -2.35. The lowest BCUT2D eigenvalue weighted by atomic mass is 10.1. The molecule has 0 fully saturated rings. The van der Waals surface area contributed by atoms with Crippen LogP contribution in [0.3, 0.4) is 0 Å². The van der Waals surface area contributed by atoms with E-state index in [1.807, 2.05) is 0 Å². The Hall–Kier alpha value is -1.41. The van der Waals surface area contributed by atoms with Crippen molar-refractivity contribution in [3.8, 4) is 11.8 Å². The fourth-order valence-electron chi connectivity index (χ4n) is 2.09. The summed E-state index contributed by atoms with van der Waals surface area (Å²) in [5, 5.41) is 0. The van der Waals surface area contributed by atoms with Gasteiger partial charge >= 0.3 is 0 Å². The molecule has 0 radical (unpaired) electrons. The van der Waals surface area contributed by atoms with Gasteiger partial charge in [-0.15, -0.1) is 0 Å². The molecule has 1 atom stereocenters. The van der Waals surface area contributed by atoms with Gasteiger partial charge in [0.2, 0.25) is 0 Å². The highest BCUT2D eigenvalue weighted by Crippen LogP contribution is 2.15. The van der Waals surface area contributed by atoms with Crippen molar-refractivity contribution in [1.82, 2.24) is 4.90 Å². The molecule has 0 spiro atoms. The van der Waals surface area contributed by atoms with Crippen LogP contribution in [0.2, 0.25) is 0 Å². The Bertz CT molecular complexity index is 479. The first kappa shape index (κ1) is 16.6. The molecule has 110 valence electrons. The van der Waals surface area contributed by atoms with Gasteiger partial charge in [-0.1, -0.05) is 24.8 Å². The number of hydrogen-bond donors (Lipinski definition) is 1. The second-order valence-electron chi connectivity index (χ2n) is 4.67. The van der Waals surface area contributed by atoms with Crippen molar-refractivity contribution in [2.45, 2.75) is 26.4 Å². The normalized spacial score (nSPS) is 12.1. The third kappa shape index (κ3) is 4.93. The second kappa shape index (κ2) is 8.70. The zero-order valence-electron chi connectivity index (χ0n) is 12.4. The number of rotatable bonds is 6. The first-order chi connectivity index (χ1) is 9.62. The minimum Gasteiger partial charge on any atom is -0.383 e. The van der Waals surface area contributed by atoms with E-state index in [1.54, 1.807) is 13.2 Å². The van der Waals surface area contributed by atoms with E-state index >= 15 is 0 Å². The van der Waals surface area contributed by atoms with Crippen molar-refractivity contribution in [2.24, 2.45) is 5.73 Å². The molecule has 0 bridgehead atoms. The summed E-state index contributed by atoms with van der Waals surface area (Å²) < 4.78 is 18.5. The molecule has 1 rings (SSSR count). The maximum absolute atomic E-state index is 13.3. The number of ether oxygens (including phenoxy) is 1. The van der Waals surface area contributed by atoms with Gasteiger partial charge in [0, 0.05) is 25.3 Å². The molecule has 1 aromatic rings. The molecule has 0 aliphatic rings. The lowest BCUT2D eigenvalue weighted by molar-refractivity contribution is 0.0981. The van der Waals surface area contributed by atoms with E-state index in [4.69, 9.17) is 10.5 Å². The second-order valence-corrected chi connectivity index (χ2v) is 4.67. The van der Waals surface area contributed by atoms with E-state index in [0.717, 1.165) is 18.7 Å². The minimum atomic E-state index is -0.275. The lowest BCUT2D eigenvalue weighted by Gasteiger charge is -2.27. The number of likely N-dealkylation sites (N-methyl/N-ethyl adjacent to an activating group) is 1. The first-order valence-corrected chi connectivity index (χ1v) is 6.82. The van der Waals surface area contributed by atoms with Gasteiger partial charge in [0.25, 0.3) is 0 Å². The van der Waals surface area contributed by atoms with Crippen molar-refractivity contribution in [3.63, 3.8) is 0 Å². The number of benzene rings is 1. The fourth-order valence-corrected chi connectivity index (χ4v) is 2.09. The third-order valence-corrected chi connectivity index (χ3v) is 3.21. The van der Waals surface area contributed by atoms with Crippen LogP contribution in [0.5, 0.6) is 0 Å². The van der Waals surface area contributed by atoms with Crippen molar-refractivity contribution < 1.29 is 9.13 Å². The molecule has 0 saturated carbocycles. The van der Waals surface area contributed by atoms with Gasteiger partial charge < -0.3 is 10.5 Å². The number of nitrogens with two attached hydrogens (primary N) is 1. The molecular weight excluding hydrogens is 255 g/mol. The number of hydrogen-bond acceptors (Lipinski definition) is 3. The summed E-state index contributed by atoms with van der Waals surface area (Å²) in [7, 11) is 1.69. The molecule has 0 saturated heterocycles. The average Bonchev–Trinajstić information content (AvgIpc) is 2.44. The highest BCUT2D eigenvalue weighted by molar-refractivity contribution is 5.42. The Kier molecular flexibility index (Phi) is 7.24. The maximum atomic E-state index is 13.3. The van der Waals surface area contributed by atoms with Crippen molar-refractivity contribution in [1.29, 1.82) is 0 Å². The van der Waals surface area contributed by atoms with Crippen LogP contribution in [0.25, 0.3) is 0 Å². The minimum absolute atomic E-state index is 0.271. The van der Waals surface area contributed by atoms with E-state index in [2.05, 4.69) is 30.6 Å². The predicted octanol–water partition coefficient (Wildman–Crippen LogP) is 1.99. The summed E-state index contributed by atoms with van der Waals surface area (Å²) in [6.45, 7) is 6.76. The Labute approximate surface area is 120 Å². The summed E-state index contributed by atoms with van der Waals surface area (Å²) in [4.78, 5) is 2.27. The molecule has 4 heteroatoms. The summed E-state index contributed by atoms with van der Waals surface area (Å²) >= 11 is 0. The van der Waals surface area contributed by atoms with Gasteiger partial charge in [0.15, 0.2) is 0 Å². The molecule has 0 amide bonds. The van der Waals surface area contributed by atoms with Crippen LogP contribution in [-0.2, 0) is 11.3 Å². The van der Waals surface area contributed by atoms with Crippen LogP contribution in [0, 0.1) is 17.7 Å². The van der Waals surface area contributed by atoms with Gasteiger partial charge in [-0.05, 0) is 31.2 Å². The quantitative estimate of drug-likeness (QED) is 0.809. The molecule has 0 heterocycles. The van der Waals surface area contributed by atoms with Crippen molar-refractivity contribution in [2.75, 3.05) is 26.8 Å². The molecule has 0 aromatic heterocycles. The highest BCUT2D eigenvalue weighted by Gasteiger charge is 2.14. The van der Waals surface area contributed by atoms with Crippen LogP contribution in [0.15, 0.2) is 18.2 Å². The zero-order valence-corrected chi connectivity index (χ0v) is 12.4. The smallest absolute Gasteiger partial charge is 0.124 e. The molecule has 20 heavy (non-hydrogen) atoms. The van der Waals surface area contributed by atoms with Crippen molar-refractivity contribution >= 4 is 0 Å². The summed E-state index contributed by atoms with van der Waals surface area (Å²) in [6.07, 6.45) is 0. The molecule has 0 aliphatic heterocycles. The molecule has 3 nitrogen and oxygen atoms in total. The van der Waals surface area contributed by atoms with E-state index in [0.29, 0.717) is 18.2 Å². The fraction of sp³-hybridized carbons (Fsp3) is 0.500. The largest absolute Gasteiger partial charge is 0.383 e. The van der Waals surface area contributed by atoms with Gasteiger partial charge in [-0.3, -0.25) is 4.90 Å². The topological polar surface area (TPSA) is 38.5 Å². The Morgan fingerprint density at radius 1 is 1.45 bits per heavy atom. The molecule has 1 unspecified atom stereocenters. The Morgan fingerprint density at radius 2 is 2.20 bits per heavy atom. The van der Waals surface area contributed by atoms with E-state index in [9.17, 15) is 4.39 Å². The Balaban J connectivity index is 2.94. The van der Waals surface area contributed by atoms with Crippen molar-refractivity contribution in [3.05, 3.63) is 35.1 Å². The third-order valence-electron chi connectivity index (χ3n) is 3.21. The molecular formula is C16H23FN2O. The number of nitrogens with zero attached hydrogens (tertiary/aromatic N) is 1. The Morgan fingerprint density at radius 3 is 2.80 bits per heavy atom. The maximum Gasteiger partial charge on any atom is 0.124 e. The first-order valence-electron chi connectivity index (χ1n) is 6.82. The number of methoxy groups -OCH3 is 1. The van der Waals surface area contributed by atoms with Crippen LogP contribution >= 0.6 is 0 Å². The standard InChI is InChI=1S/C16H23FN2O/c1-4-19(13(2)12-20-3)11-15-7-8-16(17)10-14(15)6-5-9-18/h7-8,10,13H,4,9,11-12,18H2,1-3H3. The number of halogens is 1. The van der Waals surface area contributed by atoms with Crippen LogP contribution in [0.1, 0.15) is 25.0 Å². The van der Waals surface area contributed by atoms with E-state index in [1.165, 1.54) is 12.1 Å². The monoisotopic (exact) mass is 278 g/mol. The van der Waals surface area contributed by atoms with Crippen LogP contribution in [0.4, 0.5) is 4.39 Å². The summed E-state index contributed by atoms with van der Waals surface area (Å²) in [5.41, 5.74) is 7.10. The van der Waals surface area contributed by atoms with Crippen LogP contribution < -0.4 is 5.73 Å². The van der Waals surface area contributed by atoms with Gasteiger partial charge in [-0.2, -0.15) is 0 Å². The van der Waals surface area contributed by atoms with E-state index < -0.39 is 0 Å². The zero-order chi connectivity index (χ0) is 15.0. The average molecular weight is 278 g/mol. The SMILES string of the molecule is CCN(Cc1ccc(F)cc1C#CCN)C(C)COC. The van der Waals surface area contributed by atoms with Gasteiger partial charge in [-0.25, -0.2) is 4.39 Å². The van der Waals surface area contributed by atoms with Gasteiger partial charge in [0.05, 0.1) is 13.2 Å². The molecule has 0 aliphatic carbocycles. The predicted molar refractivity (Wildman–Crippen MR) is 79.8 cm³/mol. The molecule has 1 aromatic carbocycles. The van der Waals surface area contributed by atoms with Crippen LogP contribution in [-0.4, -0.2) is 37.7 Å². The highest BCUT2D eigenvalue weighted by atomic mass is 19.1. The molecule has 2 N–H and O–H groups in total. The van der Waals surface area contributed by atoms with Gasteiger partial charge in [0.1, 0.15) is 5.82 Å². The summed E-state index contributed by atoms with van der Waals surface area (Å²) in [5.74, 6) is 5.45. The van der Waals surface area contributed by atoms with E-state index in [-0.39, 0.29) is 12.4 Å². The summed E-state index contributed by atoms with van der Waals surface area (Å²) in [6, 6.07) is 5.02.